The van der Waals surface area contributed by atoms with Gasteiger partial charge in [0.1, 0.15) is 11.5 Å². The molecule has 0 amide bonds. The van der Waals surface area contributed by atoms with Crippen LogP contribution in [0.3, 0.4) is 0 Å². The fraction of sp³-hybridized carbons (Fsp3) is 0.227. The Bertz CT molecular complexity index is 877. The van der Waals surface area contributed by atoms with Crippen molar-refractivity contribution in [3.8, 4) is 11.3 Å². The van der Waals surface area contributed by atoms with Crippen LogP contribution in [0.15, 0.2) is 71.1 Å². The van der Waals surface area contributed by atoms with Crippen LogP contribution in [0.25, 0.3) is 11.3 Å². The largest absolute Gasteiger partial charge is 0.465 e. The van der Waals surface area contributed by atoms with E-state index in [9.17, 15) is 9.90 Å². The number of nitrogens with one attached hydrogen (secondary N) is 1. The molecule has 148 valence electrons. The summed E-state index contributed by atoms with van der Waals surface area (Å²) in [5, 5.41) is 13.7. The Hall–Kier alpha value is -2.60. The number of furan rings is 1. The van der Waals surface area contributed by atoms with Crippen LogP contribution in [0, 0.1) is 0 Å². The maximum Gasteiger partial charge on any atom is 0.337 e. The van der Waals surface area contributed by atoms with Gasteiger partial charge < -0.3 is 19.6 Å². The Kier molecular flexibility index (Phi) is 7.81. The van der Waals surface area contributed by atoms with Gasteiger partial charge in [-0.1, -0.05) is 42.5 Å². The lowest BCUT2D eigenvalue weighted by Gasteiger charge is -2.20. The van der Waals surface area contributed by atoms with Crippen LogP contribution in [-0.4, -0.2) is 24.2 Å². The minimum absolute atomic E-state index is 0. The van der Waals surface area contributed by atoms with E-state index in [1.807, 2.05) is 61.5 Å². The lowest BCUT2D eigenvalue weighted by atomic mass is 10.0. The van der Waals surface area contributed by atoms with Crippen molar-refractivity contribution in [1.82, 2.24) is 5.32 Å². The molecular weight excluding hydrogens is 378 g/mol. The van der Waals surface area contributed by atoms with Gasteiger partial charge in [0.25, 0.3) is 0 Å². The molecule has 1 heterocycles. The van der Waals surface area contributed by atoms with E-state index in [1.165, 1.54) is 7.11 Å². The minimum Gasteiger partial charge on any atom is -0.465 e. The molecule has 3 aromatic rings. The third kappa shape index (κ3) is 5.23. The number of carbonyl (C=O) groups excluding carboxylic acids is 1. The van der Waals surface area contributed by atoms with Gasteiger partial charge in [0.05, 0.1) is 25.3 Å². The number of esters is 1. The van der Waals surface area contributed by atoms with Gasteiger partial charge in [-0.3, -0.25) is 0 Å². The zero-order valence-electron chi connectivity index (χ0n) is 15.8. The first-order valence-corrected chi connectivity index (χ1v) is 8.82. The van der Waals surface area contributed by atoms with Crippen LogP contribution in [-0.2, 0) is 11.3 Å². The van der Waals surface area contributed by atoms with Gasteiger partial charge in [0, 0.05) is 11.6 Å². The predicted octanol–water partition coefficient (Wildman–Crippen LogP) is 4.37. The Morgan fingerprint density at radius 1 is 1.07 bits per heavy atom. The Morgan fingerprint density at radius 3 is 2.39 bits per heavy atom. The molecule has 0 aliphatic rings. The number of carbonyl (C=O) groups is 1. The molecule has 0 aliphatic heterocycles. The molecule has 2 N–H and O–H groups in total. The lowest BCUT2D eigenvalue weighted by Crippen LogP contribution is -2.31. The molecular formula is C22H24ClNO4. The summed E-state index contributed by atoms with van der Waals surface area (Å²) in [6.07, 6.45) is -0.591. The SMILES string of the molecule is COC(=O)c1ccc(-c2ccc(CNC(C)C(O)c3ccccc3)o2)cc1.Cl. The minimum atomic E-state index is -0.591. The molecule has 0 spiro atoms. The van der Waals surface area contributed by atoms with Crippen molar-refractivity contribution in [2.24, 2.45) is 0 Å². The number of benzene rings is 2. The number of methoxy groups -OCH3 is 1. The van der Waals surface area contributed by atoms with Crippen molar-refractivity contribution in [3.05, 3.63) is 83.6 Å². The van der Waals surface area contributed by atoms with Gasteiger partial charge in [0.2, 0.25) is 0 Å². The molecule has 28 heavy (non-hydrogen) atoms. The van der Waals surface area contributed by atoms with Crippen molar-refractivity contribution in [1.29, 1.82) is 0 Å². The van der Waals surface area contributed by atoms with E-state index < -0.39 is 6.10 Å². The normalized spacial score (nSPS) is 12.7. The van der Waals surface area contributed by atoms with Crippen molar-refractivity contribution < 1.29 is 19.1 Å². The van der Waals surface area contributed by atoms with E-state index in [0.29, 0.717) is 12.1 Å². The van der Waals surface area contributed by atoms with Crippen LogP contribution in [0.1, 0.15) is 34.7 Å². The second-order valence-corrected chi connectivity index (χ2v) is 6.36. The van der Waals surface area contributed by atoms with Crippen molar-refractivity contribution in [2.45, 2.75) is 25.6 Å². The summed E-state index contributed by atoms with van der Waals surface area (Å²) >= 11 is 0. The predicted molar refractivity (Wildman–Crippen MR) is 110 cm³/mol. The maximum absolute atomic E-state index is 11.5. The van der Waals surface area contributed by atoms with Crippen LogP contribution in [0.2, 0.25) is 0 Å². The summed E-state index contributed by atoms with van der Waals surface area (Å²) in [5.74, 6) is 1.13. The third-order valence-electron chi connectivity index (χ3n) is 4.47. The summed E-state index contributed by atoms with van der Waals surface area (Å²) < 4.78 is 10.6. The number of rotatable bonds is 7. The molecule has 0 fully saturated rings. The maximum atomic E-state index is 11.5. The lowest BCUT2D eigenvalue weighted by molar-refractivity contribution is 0.0600. The fourth-order valence-electron chi connectivity index (χ4n) is 2.83. The van der Waals surface area contributed by atoms with Crippen LogP contribution in [0.5, 0.6) is 0 Å². The number of ether oxygens (including phenoxy) is 1. The zero-order valence-corrected chi connectivity index (χ0v) is 16.6. The smallest absolute Gasteiger partial charge is 0.337 e. The van der Waals surface area contributed by atoms with Gasteiger partial charge in [-0.05, 0) is 36.8 Å². The molecule has 3 rings (SSSR count). The molecule has 2 atom stereocenters. The first-order valence-electron chi connectivity index (χ1n) is 8.82. The van der Waals surface area contributed by atoms with Gasteiger partial charge in [-0.15, -0.1) is 12.4 Å². The number of hydrogen-bond donors (Lipinski definition) is 2. The Labute approximate surface area is 170 Å². The standard InChI is InChI=1S/C22H23NO4.ClH/c1-15(21(24)17-6-4-3-5-7-17)23-14-19-12-13-20(27-19)16-8-10-18(11-9-16)22(25)26-2;/h3-13,15,21,23-24H,14H2,1-2H3;1H. The van der Waals surface area contributed by atoms with E-state index in [-0.39, 0.29) is 24.4 Å². The van der Waals surface area contributed by atoms with E-state index in [4.69, 9.17) is 9.15 Å². The van der Waals surface area contributed by atoms with Crippen LogP contribution in [0.4, 0.5) is 0 Å². The van der Waals surface area contributed by atoms with E-state index in [0.717, 1.165) is 22.6 Å². The van der Waals surface area contributed by atoms with Gasteiger partial charge in [0.15, 0.2) is 0 Å². The average Bonchev–Trinajstić information content (AvgIpc) is 3.20. The molecule has 2 unspecified atom stereocenters. The average molecular weight is 402 g/mol. The molecule has 6 heteroatoms. The monoisotopic (exact) mass is 401 g/mol. The van der Waals surface area contributed by atoms with E-state index >= 15 is 0 Å². The summed E-state index contributed by atoms with van der Waals surface area (Å²) in [5.41, 5.74) is 2.26. The number of aliphatic hydroxyl groups is 1. The van der Waals surface area contributed by atoms with Crippen LogP contribution < -0.4 is 5.32 Å². The summed E-state index contributed by atoms with van der Waals surface area (Å²) in [4.78, 5) is 11.5. The molecule has 0 saturated heterocycles. The molecule has 0 radical (unpaired) electrons. The van der Waals surface area contributed by atoms with Crippen molar-refractivity contribution in [2.75, 3.05) is 7.11 Å². The highest BCUT2D eigenvalue weighted by molar-refractivity contribution is 5.89. The number of halogens is 1. The molecule has 0 bridgehead atoms. The molecule has 0 saturated carbocycles. The fourth-order valence-corrected chi connectivity index (χ4v) is 2.83. The Morgan fingerprint density at radius 2 is 1.75 bits per heavy atom. The van der Waals surface area contributed by atoms with E-state index in [2.05, 4.69) is 5.32 Å². The first-order chi connectivity index (χ1) is 13.1. The number of hydrogen-bond acceptors (Lipinski definition) is 5. The van der Waals surface area contributed by atoms with Gasteiger partial charge in [-0.25, -0.2) is 4.79 Å². The van der Waals surface area contributed by atoms with Gasteiger partial charge in [-0.2, -0.15) is 0 Å². The van der Waals surface area contributed by atoms with E-state index in [1.54, 1.807) is 12.1 Å². The zero-order chi connectivity index (χ0) is 19.2. The second kappa shape index (κ2) is 10.1. The highest BCUT2D eigenvalue weighted by atomic mass is 35.5. The summed E-state index contributed by atoms with van der Waals surface area (Å²) in [7, 11) is 1.36. The highest BCUT2D eigenvalue weighted by Crippen LogP contribution is 2.23. The quantitative estimate of drug-likeness (QED) is 0.575. The second-order valence-electron chi connectivity index (χ2n) is 6.36. The van der Waals surface area contributed by atoms with Crippen molar-refractivity contribution in [3.63, 3.8) is 0 Å². The highest BCUT2D eigenvalue weighted by Gasteiger charge is 2.16. The Balaban J connectivity index is 0.00000280. The summed E-state index contributed by atoms with van der Waals surface area (Å²) in [6.45, 7) is 2.44. The molecule has 2 aromatic carbocycles. The molecule has 0 aliphatic carbocycles. The first kappa shape index (κ1) is 21.7. The van der Waals surface area contributed by atoms with Crippen molar-refractivity contribution >= 4 is 18.4 Å². The number of aliphatic hydroxyl groups excluding tert-OH is 1. The van der Waals surface area contributed by atoms with Gasteiger partial charge >= 0.3 is 5.97 Å². The molecule has 5 nitrogen and oxygen atoms in total. The topological polar surface area (TPSA) is 71.7 Å². The molecule has 1 aromatic heterocycles. The summed E-state index contributed by atoms with van der Waals surface area (Å²) in [6, 6.07) is 20.3. The third-order valence-corrected chi connectivity index (χ3v) is 4.47. The van der Waals surface area contributed by atoms with Crippen LogP contribution >= 0.6 is 12.4 Å².